The first-order valence-corrected chi connectivity index (χ1v) is 9.35. The van der Waals surface area contributed by atoms with Crippen molar-refractivity contribution in [2.45, 2.75) is 70.9 Å². The molecule has 0 radical (unpaired) electrons. The van der Waals surface area contributed by atoms with E-state index >= 15 is 0 Å². The largest absolute Gasteiger partial charge is 0.433 e. The Bertz CT molecular complexity index is 728. The summed E-state index contributed by atoms with van der Waals surface area (Å²) in [5.41, 5.74) is 1.34. The van der Waals surface area contributed by atoms with E-state index in [0.29, 0.717) is 11.4 Å². The van der Waals surface area contributed by atoms with E-state index < -0.39 is 11.9 Å². The third-order valence-corrected chi connectivity index (χ3v) is 5.71. The van der Waals surface area contributed by atoms with Crippen LogP contribution in [0.25, 0.3) is 10.9 Å². The minimum absolute atomic E-state index is 0.117. The molecule has 1 unspecified atom stereocenters. The van der Waals surface area contributed by atoms with Gasteiger partial charge < -0.3 is 0 Å². The number of para-hydroxylation sites is 1. The smallest absolute Gasteiger partial charge is 0.243 e. The normalized spacial score (nSPS) is 18.8. The molecule has 1 aromatic carbocycles. The highest BCUT2D eigenvalue weighted by Gasteiger charge is 2.34. The van der Waals surface area contributed by atoms with Crippen molar-refractivity contribution in [1.82, 2.24) is 4.98 Å². The molecule has 2 aromatic rings. The second kappa shape index (κ2) is 7.35. The van der Waals surface area contributed by atoms with Gasteiger partial charge in [-0.25, -0.2) is 4.98 Å². The fraction of sp³-hybridized carbons (Fsp3) is 0.571. The number of pyridine rings is 1. The van der Waals surface area contributed by atoms with E-state index in [1.807, 2.05) is 25.1 Å². The highest BCUT2D eigenvalue weighted by molar-refractivity contribution is 5.85. The van der Waals surface area contributed by atoms with Gasteiger partial charge in [0.2, 0.25) is 0 Å². The maximum absolute atomic E-state index is 13.4. The van der Waals surface area contributed by atoms with Gasteiger partial charge in [-0.05, 0) is 48.8 Å². The van der Waals surface area contributed by atoms with Crippen molar-refractivity contribution < 1.29 is 13.2 Å². The average Bonchev–Trinajstić information content (AvgIpc) is 2.52. The zero-order valence-corrected chi connectivity index (χ0v) is 15.0. The van der Waals surface area contributed by atoms with Gasteiger partial charge in [0.1, 0.15) is 5.69 Å². The van der Waals surface area contributed by atoms with Gasteiger partial charge in [-0.3, -0.25) is 0 Å². The molecule has 1 heterocycles. The number of rotatable bonds is 2. The van der Waals surface area contributed by atoms with Crippen LogP contribution < -0.4 is 0 Å². The van der Waals surface area contributed by atoms with Gasteiger partial charge in [-0.1, -0.05) is 57.2 Å². The van der Waals surface area contributed by atoms with Crippen molar-refractivity contribution in [3.8, 4) is 0 Å². The average molecular weight is 349 g/mol. The summed E-state index contributed by atoms with van der Waals surface area (Å²) in [5.74, 6) is 0.569. The van der Waals surface area contributed by atoms with Crippen LogP contribution in [0.15, 0.2) is 24.3 Å². The maximum Gasteiger partial charge on any atom is 0.433 e. The Labute approximate surface area is 147 Å². The molecule has 1 saturated carbocycles. The molecule has 1 aliphatic rings. The summed E-state index contributed by atoms with van der Waals surface area (Å²) in [7, 11) is 0. The third kappa shape index (κ3) is 3.99. The third-order valence-electron chi connectivity index (χ3n) is 5.71. The molecule has 0 bridgehead atoms. The van der Waals surface area contributed by atoms with Gasteiger partial charge in [-0.15, -0.1) is 0 Å². The molecule has 0 saturated heterocycles. The zero-order chi connectivity index (χ0) is 18.0. The molecule has 1 fully saturated rings. The Morgan fingerprint density at radius 3 is 2.32 bits per heavy atom. The van der Waals surface area contributed by atoms with E-state index in [0.717, 1.165) is 29.4 Å². The molecular formula is C21H26F3N. The van der Waals surface area contributed by atoms with Crippen molar-refractivity contribution in [3.05, 3.63) is 41.1 Å². The van der Waals surface area contributed by atoms with Crippen LogP contribution in [0.3, 0.4) is 0 Å². The van der Waals surface area contributed by atoms with E-state index in [-0.39, 0.29) is 5.92 Å². The van der Waals surface area contributed by atoms with Gasteiger partial charge >= 0.3 is 6.18 Å². The van der Waals surface area contributed by atoms with Gasteiger partial charge in [0.25, 0.3) is 0 Å². The minimum atomic E-state index is -4.41. The van der Waals surface area contributed by atoms with Crippen LogP contribution in [0, 0.1) is 12.8 Å². The highest BCUT2D eigenvalue weighted by Crippen LogP contribution is 2.40. The summed E-state index contributed by atoms with van der Waals surface area (Å²) in [6, 6.07) is 6.97. The number of fused-ring (bicyclic) bond motifs is 1. The lowest BCUT2D eigenvalue weighted by Crippen LogP contribution is -2.15. The second-order valence-corrected chi connectivity index (χ2v) is 7.46. The molecule has 25 heavy (non-hydrogen) atoms. The van der Waals surface area contributed by atoms with Crippen molar-refractivity contribution >= 4 is 10.9 Å². The van der Waals surface area contributed by atoms with Gasteiger partial charge in [0.05, 0.1) is 5.52 Å². The Balaban J connectivity index is 2.08. The van der Waals surface area contributed by atoms with E-state index in [1.54, 1.807) is 0 Å². The Hall–Kier alpha value is -1.58. The number of benzene rings is 1. The molecule has 0 N–H and O–H groups in total. The zero-order valence-electron chi connectivity index (χ0n) is 15.0. The first kappa shape index (κ1) is 18.2. The second-order valence-electron chi connectivity index (χ2n) is 7.46. The summed E-state index contributed by atoms with van der Waals surface area (Å²) in [4.78, 5) is 3.94. The van der Waals surface area contributed by atoms with E-state index in [2.05, 4.69) is 11.9 Å². The molecule has 1 nitrogen and oxygen atoms in total. The molecule has 3 rings (SSSR count). The number of halogens is 3. The predicted octanol–water partition coefficient (Wildman–Crippen LogP) is 7.03. The van der Waals surface area contributed by atoms with E-state index in [9.17, 15) is 13.2 Å². The lowest BCUT2D eigenvalue weighted by molar-refractivity contribution is -0.141. The summed E-state index contributed by atoms with van der Waals surface area (Å²) in [6.45, 7) is 3.93. The molecule has 1 aliphatic carbocycles. The molecule has 1 aromatic heterocycles. The van der Waals surface area contributed by atoms with Crippen LogP contribution in [0.4, 0.5) is 13.2 Å². The number of hydrogen-bond donors (Lipinski definition) is 0. The van der Waals surface area contributed by atoms with Crippen molar-refractivity contribution in [1.29, 1.82) is 0 Å². The molecule has 0 spiro atoms. The van der Waals surface area contributed by atoms with Crippen LogP contribution in [0.2, 0.25) is 0 Å². The SMILES string of the molecule is Cc1cccc2c(C(C)C3CCCCCCC3)cc(C(F)(F)F)nc12. The molecule has 4 heteroatoms. The van der Waals surface area contributed by atoms with Crippen molar-refractivity contribution in [2.24, 2.45) is 5.92 Å². The Kier molecular flexibility index (Phi) is 5.35. The summed E-state index contributed by atoms with van der Waals surface area (Å²) < 4.78 is 40.2. The topological polar surface area (TPSA) is 12.9 Å². The summed E-state index contributed by atoms with van der Waals surface area (Å²) in [5, 5.41) is 0.877. The van der Waals surface area contributed by atoms with Gasteiger partial charge in [0.15, 0.2) is 0 Å². The monoisotopic (exact) mass is 349 g/mol. The Morgan fingerprint density at radius 1 is 1.04 bits per heavy atom. The predicted molar refractivity (Wildman–Crippen MR) is 95.7 cm³/mol. The number of hydrogen-bond acceptors (Lipinski definition) is 1. The van der Waals surface area contributed by atoms with Crippen LogP contribution in [-0.4, -0.2) is 4.98 Å². The van der Waals surface area contributed by atoms with Gasteiger partial charge in [-0.2, -0.15) is 13.2 Å². The summed E-state index contributed by atoms with van der Waals surface area (Å²) in [6.07, 6.45) is 3.95. The highest BCUT2D eigenvalue weighted by atomic mass is 19.4. The van der Waals surface area contributed by atoms with Crippen LogP contribution in [-0.2, 0) is 6.18 Å². The standard InChI is InChI=1S/C21H26F3N/c1-14-9-8-12-17-18(13-19(21(22,23)24)25-20(14)17)15(2)16-10-6-4-3-5-7-11-16/h8-9,12-13,15-16H,3-7,10-11H2,1-2H3. The summed E-state index contributed by atoms with van der Waals surface area (Å²) >= 11 is 0. The fourth-order valence-electron chi connectivity index (χ4n) is 4.18. The van der Waals surface area contributed by atoms with E-state index in [1.165, 1.54) is 38.2 Å². The number of alkyl halides is 3. The van der Waals surface area contributed by atoms with E-state index in [4.69, 9.17) is 0 Å². The van der Waals surface area contributed by atoms with Crippen LogP contribution in [0.5, 0.6) is 0 Å². The quantitative estimate of drug-likeness (QED) is 0.567. The lowest BCUT2D eigenvalue weighted by Gasteiger charge is -2.28. The Morgan fingerprint density at radius 2 is 1.68 bits per heavy atom. The van der Waals surface area contributed by atoms with Crippen LogP contribution in [0.1, 0.15) is 74.6 Å². The van der Waals surface area contributed by atoms with Gasteiger partial charge in [0, 0.05) is 5.39 Å². The minimum Gasteiger partial charge on any atom is -0.243 e. The molecule has 136 valence electrons. The maximum atomic E-state index is 13.4. The lowest BCUT2D eigenvalue weighted by atomic mass is 9.78. The molecule has 0 amide bonds. The van der Waals surface area contributed by atoms with Crippen molar-refractivity contribution in [3.63, 3.8) is 0 Å². The molecule has 1 atom stereocenters. The van der Waals surface area contributed by atoms with Crippen LogP contribution >= 0.6 is 0 Å². The fourth-order valence-corrected chi connectivity index (χ4v) is 4.18. The number of nitrogens with zero attached hydrogens (tertiary/aromatic N) is 1. The number of aromatic nitrogens is 1. The first-order valence-electron chi connectivity index (χ1n) is 9.35. The first-order chi connectivity index (χ1) is 11.9. The molecular weight excluding hydrogens is 323 g/mol. The van der Waals surface area contributed by atoms with Crippen molar-refractivity contribution in [2.75, 3.05) is 0 Å². The number of aryl methyl sites for hydroxylation is 1. The molecule has 0 aliphatic heterocycles.